The molecule has 4 nitrogen and oxygen atoms in total. The van der Waals surface area contributed by atoms with Crippen molar-refractivity contribution in [1.82, 2.24) is 10.2 Å². The maximum absolute atomic E-state index is 12.2. The summed E-state index contributed by atoms with van der Waals surface area (Å²) in [4.78, 5) is 25.5. The Morgan fingerprint density at radius 2 is 2.12 bits per heavy atom. The van der Waals surface area contributed by atoms with Crippen LogP contribution in [0.4, 0.5) is 0 Å². The second-order valence-electron chi connectivity index (χ2n) is 4.70. The van der Waals surface area contributed by atoms with Gasteiger partial charge in [-0.2, -0.15) is 11.8 Å². The van der Waals surface area contributed by atoms with Crippen LogP contribution < -0.4 is 5.32 Å². The third kappa shape index (κ3) is 3.63. The number of carbonyl (C=O) groups excluding carboxylic acids is 2. The van der Waals surface area contributed by atoms with Crippen LogP contribution in [-0.2, 0) is 9.59 Å². The summed E-state index contributed by atoms with van der Waals surface area (Å²) in [5.74, 6) is 0.224. The average Bonchev–Trinajstić information content (AvgIpc) is 2.32. The summed E-state index contributed by atoms with van der Waals surface area (Å²) in [6, 6.07) is -0.338. The number of nitrogens with one attached hydrogen (secondary N) is 1. The number of hydrogen-bond acceptors (Lipinski definition) is 3. The summed E-state index contributed by atoms with van der Waals surface area (Å²) in [7, 11) is 0. The molecule has 98 valence electrons. The molecule has 0 aromatic carbocycles. The minimum absolute atomic E-state index is 0.0387. The van der Waals surface area contributed by atoms with Gasteiger partial charge in [0.15, 0.2) is 0 Å². The smallest absolute Gasteiger partial charge is 0.245 e. The molecule has 0 aromatic rings. The molecule has 3 atom stereocenters. The molecule has 3 unspecified atom stereocenters. The largest absolute Gasteiger partial charge is 0.342 e. The number of thioether (sulfide) groups is 1. The third-order valence-electron chi connectivity index (χ3n) is 3.32. The predicted octanol–water partition coefficient (Wildman–Crippen LogP) is 1.11. The molecule has 1 rings (SSSR count). The maximum atomic E-state index is 12.2. The van der Waals surface area contributed by atoms with E-state index in [-0.39, 0.29) is 30.3 Å². The summed E-state index contributed by atoms with van der Waals surface area (Å²) in [6.07, 6.45) is 2.91. The van der Waals surface area contributed by atoms with Crippen LogP contribution in [0, 0.1) is 5.92 Å². The first-order chi connectivity index (χ1) is 7.99. The van der Waals surface area contributed by atoms with Crippen LogP contribution in [0.2, 0.25) is 0 Å². The van der Waals surface area contributed by atoms with Crippen molar-refractivity contribution in [3.05, 3.63) is 0 Å². The van der Waals surface area contributed by atoms with Gasteiger partial charge in [0.2, 0.25) is 11.8 Å². The number of piperazine rings is 1. The molecule has 1 N–H and O–H groups in total. The Kier molecular flexibility index (Phi) is 5.31. The van der Waals surface area contributed by atoms with Crippen molar-refractivity contribution in [2.45, 2.75) is 38.5 Å². The van der Waals surface area contributed by atoms with E-state index < -0.39 is 0 Å². The number of carbonyl (C=O) groups is 2. The third-order valence-corrected chi connectivity index (χ3v) is 4.28. The zero-order valence-corrected chi connectivity index (χ0v) is 11.8. The molecule has 0 aliphatic carbocycles. The number of rotatable bonds is 5. The Hall–Kier alpha value is -0.710. The Balaban J connectivity index is 2.71. The lowest BCUT2D eigenvalue weighted by Crippen LogP contribution is -2.60. The van der Waals surface area contributed by atoms with E-state index in [4.69, 9.17) is 0 Å². The first-order valence-corrected chi connectivity index (χ1v) is 7.39. The van der Waals surface area contributed by atoms with Gasteiger partial charge >= 0.3 is 0 Å². The van der Waals surface area contributed by atoms with Crippen LogP contribution in [0.3, 0.4) is 0 Å². The zero-order chi connectivity index (χ0) is 13.0. The molecular formula is C12H22N2O2S. The van der Waals surface area contributed by atoms with E-state index in [1.807, 2.05) is 20.1 Å². The van der Waals surface area contributed by atoms with Crippen LogP contribution in [0.15, 0.2) is 0 Å². The molecule has 0 aromatic heterocycles. The Bertz CT molecular complexity index is 296. The maximum Gasteiger partial charge on any atom is 0.245 e. The molecule has 0 bridgehead atoms. The highest BCUT2D eigenvalue weighted by Crippen LogP contribution is 2.16. The van der Waals surface area contributed by atoms with Crippen molar-refractivity contribution >= 4 is 23.6 Å². The van der Waals surface area contributed by atoms with E-state index in [9.17, 15) is 9.59 Å². The Morgan fingerprint density at radius 3 is 2.65 bits per heavy atom. The van der Waals surface area contributed by atoms with Crippen LogP contribution in [-0.4, -0.2) is 47.4 Å². The molecule has 0 saturated carbocycles. The van der Waals surface area contributed by atoms with E-state index in [2.05, 4.69) is 12.2 Å². The predicted molar refractivity (Wildman–Crippen MR) is 70.9 cm³/mol. The van der Waals surface area contributed by atoms with Crippen LogP contribution >= 0.6 is 11.8 Å². The monoisotopic (exact) mass is 258 g/mol. The van der Waals surface area contributed by atoms with E-state index in [1.165, 1.54) is 0 Å². The lowest BCUT2D eigenvalue weighted by molar-refractivity contribution is -0.145. The van der Waals surface area contributed by atoms with Gasteiger partial charge in [-0.1, -0.05) is 27.2 Å². The standard InChI is InChI=1S/C12H22N2O2S/c1-5-8(2)11-12(16)14(6-9(3)17-4)7-10(15)13-11/h8-9,11H,5-7H2,1-4H3,(H,13,15). The Labute approximate surface area is 108 Å². The molecular weight excluding hydrogens is 236 g/mol. The fourth-order valence-corrected chi connectivity index (χ4v) is 2.22. The van der Waals surface area contributed by atoms with Gasteiger partial charge in [-0.25, -0.2) is 0 Å². The van der Waals surface area contributed by atoms with Crippen molar-refractivity contribution < 1.29 is 9.59 Å². The quantitative estimate of drug-likeness (QED) is 0.803. The van der Waals surface area contributed by atoms with E-state index in [1.54, 1.807) is 16.7 Å². The lowest BCUT2D eigenvalue weighted by Gasteiger charge is -2.36. The van der Waals surface area contributed by atoms with Gasteiger partial charge in [-0.3, -0.25) is 9.59 Å². The molecule has 1 saturated heterocycles. The van der Waals surface area contributed by atoms with Crippen molar-refractivity contribution in [2.24, 2.45) is 5.92 Å². The van der Waals surface area contributed by atoms with Gasteiger partial charge in [0, 0.05) is 11.8 Å². The molecule has 2 amide bonds. The van der Waals surface area contributed by atoms with Gasteiger partial charge < -0.3 is 10.2 Å². The SMILES string of the molecule is CCC(C)C1NC(=O)CN(CC(C)SC)C1=O. The number of amides is 2. The first kappa shape index (κ1) is 14.4. The Morgan fingerprint density at radius 1 is 1.47 bits per heavy atom. The van der Waals surface area contributed by atoms with Crippen molar-refractivity contribution in [3.63, 3.8) is 0 Å². The lowest BCUT2D eigenvalue weighted by atomic mass is 9.96. The van der Waals surface area contributed by atoms with Gasteiger partial charge in [-0.15, -0.1) is 0 Å². The first-order valence-electron chi connectivity index (χ1n) is 6.10. The topological polar surface area (TPSA) is 49.4 Å². The van der Waals surface area contributed by atoms with Crippen molar-refractivity contribution in [3.8, 4) is 0 Å². The summed E-state index contributed by atoms with van der Waals surface area (Å²) in [5.41, 5.74) is 0. The molecule has 5 heteroatoms. The van der Waals surface area contributed by atoms with Crippen LogP contribution in [0.5, 0.6) is 0 Å². The summed E-state index contributed by atoms with van der Waals surface area (Å²) in [5, 5.41) is 3.16. The van der Waals surface area contributed by atoms with Gasteiger partial charge in [-0.05, 0) is 12.2 Å². The zero-order valence-electron chi connectivity index (χ0n) is 11.0. The highest BCUT2D eigenvalue weighted by molar-refractivity contribution is 7.99. The van der Waals surface area contributed by atoms with Crippen LogP contribution in [0.25, 0.3) is 0 Å². The minimum atomic E-state index is -0.338. The van der Waals surface area contributed by atoms with Gasteiger partial charge in [0.05, 0.1) is 6.54 Å². The molecule has 0 radical (unpaired) electrons. The highest BCUT2D eigenvalue weighted by atomic mass is 32.2. The fourth-order valence-electron chi connectivity index (χ4n) is 1.89. The molecule has 1 aliphatic heterocycles. The molecule has 17 heavy (non-hydrogen) atoms. The van der Waals surface area contributed by atoms with E-state index in [0.717, 1.165) is 6.42 Å². The normalized spacial score (nSPS) is 24.5. The summed E-state index contributed by atoms with van der Waals surface area (Å²) >= 11 is 1.71. The van der Waals surface area contributed by atoms with E-state index in [0.29, 0.717) is 11.8 Å². The highest BCUT2D eigenvalue weighted by Gasteiger charge is 2.35. The minimum Gasteiger partial charge on any atom is -0.342 e. The summed E-state index contributed by atoms with van der Waals surface area (Å²) in [6.45, 7) is 6.97. The molecule has 1 aliphatic rings. The van der Waals surface area contributed by atoms with Gasteiger partial charge in [0.1, 0.15) is 6.04 Å². The second-order valence-corrected chi connectivity index (χ2v) is 5.97. The number of hydrogen-bond donors (Lipinski definition) is 1. The molecule has 1 fully saturated rings. The molecule has 1 heterocycles. The fraction of sp³-hybridized carbons (Fsp3) is 0.833. The number of nitrogens with zero attached hydrogens (tertiary/aromatic N) is 1. The van der Waals surface area contributed by atoms with Crippen molar-refractivity contribution in [2.75, 3.05) is 19.3 Å². The molecule has 0 spiro atoms. The average molecular weight is 258 g/mol. The van der Waals surface area contributed by atoms with Crippen molar-refractivity contribution in [1.29, 1.82) is 0 Å². The van der Waals surface area contributed by atoms with Gasteiger partial charge in [0.25, 0.3) is 0 Å². The van der Waals surface area contributed by atoms with E-state index >= 15 is 0 Å². The summed E-state index contributed by atoms with van der Waals surface area (Å²) < 4.78 is 0. The second kappa shape index (κ2) is 6.28. The van der Waals surface area contributed by atoms with Crippen LogP contribution in [0.1, 0.15) is 27.2 Å².